The highest BCUT2D eigenvalue weighted by atomic mass is 35.5. The third-order valence-corrected chi connectivity index (χ3v) is 4.50. The Bertz CT molecular complexity index is 935. The van der Waals surface area contributed by atoms with Gasteiger partial charge in [0.2, 0.25) is 0 Å². The number of carbonyl (C=O) groups is 1. The summed E-state index contributed by atoms with van der Waals surface area (Å²) >= 11 is 0. The van der Waals surface area contributed by atoms with E-state index < -0.39 is 5.97 Å². The van der Waals surface area contributed by atoms with Crippen LogP contribution in [-0.4, -0.2) is 25.2 Å². The van der Waals surface area contributed by atoms with Crippen LogP contribution in [0.4, 0.5) is 0 Å². The number of halogens is 1. The van der Waals surface area contributed by atoms with Crippen molar-refractivity contribution in [3.8, 4) is 11.5 Å². The van der Waals surface area contributed by atoms with Gasteiger partial charge in [0.1, 0.15) is 30.3 Å². The van der Waals surface area contributed by atoms with E-state index in [0.29, 0.717) is 24.5 Å². The van der Waals surface area contributed by atoms with Gasteiger partial charge >= 0.3 is 5.97 Å². The molecule has 3 aromatic rings. The fourth-order valence-electron chi connectivity index (χ4n) is 3.08. The highest BCUT2D eigenvalue weighted by Gasteiger charge is 2.21. The molecule has 2 N–H and O–H groups in total. The minimum absolute atomic E-state index is 0. The summed E-state index contributed by atoms with van der Waals surface area (Å²) in [6, 6.07) is 24.6. The molecular formula is C25H28ClNO4. The molecule has 164 valence electrons. The molecule has 5 nitrogen and oxygen atoms in total. The Labute approximate surface area is 189 Å². The van der Waals surface area contributed by atoms with E-state index in [-0.39, 0.29) is 37.2 Å². The van der Waals surface area contributed by atoms with Gasteiger partial charge in [-0.25, -0.2) is 4.79 Å². The van der Waals surface area contributed by atoms with Crippen molar-refractivity contribution in [2.75, 3.05) is 13.2 Å². The van der Waals surface area contributed by atoms with Crippen molar-refractivity contribution < 1.29 is 19.0 Å². The average Bonchev–Trinajstić information content (AvgIpc) is 2.78. The van der Waals surface area contributed by atoms with Crippen LogP contribution in [0.5, 0.6) is 11.5 Å². The largest absolute Gasteiger partial charge is 0.493 e. The fraction of sp³-hybridized carbons (Fsp3) is 0.240. The van der Waals surface area contributed by atoms with Crippen LogP contribution >= 0.6 is 12.4 Å². The van der Waals surface area contributed by atoms with Crippen LogP contribution < -0.4 is 15.2 Å². The zero-order valence-electron chi connectivity index (χ0n) is 17.5. The monoisotopic (exact) mass is 441 g/mol. The molecule has 0 spiro atoms. The number of carbonyl (C=O) groups excluding carboxylic acids is 1. The lowest BCUT2D eigenvalue weighted by Crippen LogP contribution is -2.30. The molecule has 1 atom stereocenters. The predicted octanol–water partition coefficient (Wildman–Crippen LogP) is 4.81. The molecule has 0 aliphatic heterocycles. The van der Waals surface area contributed by atoms with Gasteiger partial charge in [-0.15, -0.1) is 12.4 Å². The van der Waals surface area contributed by atoms with Crippen LogP contribution in [-0.2, 0) is 17.8 Å². The number of benzene rings is 3. The minimum atomic E-state index is -0.491. The van der Waals surface area contributed by atoms with Crippen molar-refractivity contribution in [1.29, 1.82) is 0 Å². The highest BCUT2D eigenvalue weighted by molar-refractivity contribution is 5.95. The third-order valence-electron chi connectivity index (χ3n) is 4.50. The molecule has 6 heteroatoms. The molecule has 0 saturated carbocycles. The molecule has 0 amide bonds. The van der Waals surface area contributed by atoms with Crippen molar-refractivity contribution in [1.82, 2.24) is 0 Å². The summed E-state index contributed by atoms with van der Waals surface area (Å²) in [6.07, 6.45) is 0.680. The summed E-state index contributed by atoms with van der Waals surface area (Å²) in [7, 11) is 0. The average molecular weight is 442 g/mol. The van der Waals surface area contributed by atoms with Gasteiger partial charge < -0.3 is 19.9 Å². The number of hydrogen-bond donors (Lipinski definition) is 1. The van der Waals surface area contributed by atoms with E-state index >= 15 is 0 Å². The first kappa shape index (κ1) is 24.3. The second-order valence-corrected chi connectivity index (χ2v) is 6.88. The molecule has 0 aliphatic rings. The van der Waals surface area contributed by atoms with Crippen molar-refractivity contribution in [2.45, 2.75) is 26.0 Å². The van der Waals surface area contributed by atoms with E-state index in [1.807, 2.05) is 67.6 Å². The highest BCUT2D eigenvalue weighted by Crippen LogP contribution is 2.30. The van der Waals surface area contributed by atoms with Crippen molar-refractivity contribution in [3.05, 3.63) is 95.6 Å². The first-order valence-corrected chi connectivity index (χ1v) is 10.1. The molecule has 0 aliphatic carbocycles. The zero-order valence-corrected chi connectivity index (χ0v) is 18.3. The maximum absolute atomic E-state index is 12.9. The Morgan fingerprint density at radius 2 is 1.42 bits per heavy atom. The van der Waals surface area contributed by atoms with Gasteiger partial charge in [0.05, 0.1) is 6.61 Å². The number of ether oxygens (including phenoxy) is 3. The summed E-state index contributed by atoms with van der Waals surface area (Å²) in [5.74, 6) is 0.349. The van der Waals surface area contributed by atoms with E-state index in [9.17, 15) is 4.79 Å². The molecule has 0 fully saturated rings. The molecule has 3 rings (SSSR count). The Hall–Kier alpha value is -3.02. The minimum Gasteiger partial charge on any atom is -0.493 e. The molecule has 0 saturated heterocycles. The quantitative estimate of drug-likeness (QED) is 0.457. The number of rotatable bonds is 10. The lowest BCUT2D eigenvalue weighted by molar-refractivity contribution is 0.0463. The molecule has 0 radical (unpaired) electrons. The van der Waals surface area contributed by atoms with Crippen LogP contribution in [0, 0.1) is 0 Å². The van der Waals surface area contributed by atoms with Gasteiger partial charge in [0.15, 0.2) is 0 Å². The standard InChI is InChI=1S/C25H27NO4.ClH/c1-2-28-22-14-9-15-23(29-18-21(26)16-19-10-5-3-6-11-19)24(22)25(27)30-17-20-12-7-4-8-13-20;/h3-15,21H,2,16-18,26H2,1H3;1H/t21-;/m1./s1. The summed E-state index contributed by atoms with van der Waals surface area (Å²) in [5.41, 5.74) is 8.57. The lowest BCUT2D eigenvalue weighted by Gasteiger charge is -2.17. The van der Waals surface area contributed by atoms with Gasteiger partial charge in [-0.05, 0) is 36.6 Å². The van der Waals surface area contributed by atoms with Crippen LogP contribution in [0.2, 0.25) is 0 Å². The molecule has 0 aromatic heterocycles. The molecule has 31 heavy (non-hydrogen) atoms. The topological polar surface area (TPSA) is 70.8 Å². The molecule has 0 heterocycles. The van der Waals surface area contributed by atoms with Gasteiger partial charge in [-0.3, -0.25) is 0 Å². The zero-order chi connectivity index (χ0) is 21.2. The van der Waals surface area contributed by atoms with E-state index in [1.54, 1.807) is 18.2 Å². The van der Waals surface area contributed by atoms with E-state index in [2.05, 4.69) is 0 Å². The molecule has 0 bridgehead atoms. The number of nitrogens with two attached hydrogens (primary N) is 1. The Balaban J connectivity index is 0.00000341. The Morgan fingerprint density at radius 1 is 0.839 bits per heavy atom. The maximum Gasteiger partial charge on any atom is 0.346 e. The normalized spacial score (nSPS) is 11.2. The maximum atomic E-state index is 12.9. The summed E-state index contributed by atoms with van der Waals surface area (Å²) in [4.78, 5) is 12.9. The number of hydrogen-bond acceptors (Lipinski definition) is 5. The van der Waals surface area contributed by atoms with Crippen LogP contribution in [0.15, 0.2) is 78.9 Å². The predicted molar refractivity (Wildman–Crippen MR) is 124 cm³/mol. The van der Waals surface area contributed by atoms with Crippen LogP contribution in [0.1, 0.15) is 28.4 Å². The Kier molecular flexibility index (Phi) is 9.88. The molecule has 0 unspecified atom stereocenters. The van der Waals surface area contributed by atoms with Gasteiger partial charge in [0, 0.05) is 6.04 Å². The van der Waals surface area contributed by atoms with Gasteiger partial charge in [-0.1, -0.05) is 66.7 Å². The SMILES string of the molecule is CCOc1cccc(OC[C@H](N)Cc2ccccc2)c1C(=O)OCc1ccccc1.Cl. The van der Waals surface area contributed by atoms with E-state index in [0.717, 1.165) is 11.1 Å². The summed E-state index contributed by atoms with van der Waals surface area (Å²) < 4.78 is 17.1. The van der Waals surface area contributed by atoms with E-state index in [4.69, 9.17) is 19.9 Å². The first-order valence-electron chi connectivity index (χ1n) is 10.1. The van der Waals surface area contributed by atoms with Crippen molar-refractivity contribution in [3.63, 3.8) is 0 Å². The third kappa shape index (κ3) is 7.31. The summed E-state index contributed by atoms with van der Waals surface area (Å²) in [5, 5.41) is 0. The lowest BCUT2D eigenvalue weighted by atomic mass is 10.1. The fourth-order valence-corrected chi connectivity index (χ4v) is 3.08. The van der Waals surface area contributed by atoms with Crippen LogP contribution in [0.25, 0.3) is 0 Å². The van der Waals surface area contributed by atoms with Gasteiger partial charge in [0.25, 0.3) is 0 Å². The Morgan fingerprint density at radius 3 is 2.03 bits per heavy atom. The molecule has 3 aromatic carbocycles. The number of esters is 1. The van der Waals surface area contributed by atoms with Gasteiger partial charge in [-0.2, -0.15) is 0 Å². The smallest absolute Gasteiger partial charge is 0.346 e. The van der Waals surface area contributed by atoms with Crippen LogP contribution in [0.3, 0.4) is 0 Å². The van der Waals surface area contributed by atoms with Crippen molar-refractivity contribution in [2.24, 2.45) is 5.73 Å². The summed E-state index contributed by atoms with van der Waals surface area (Å²) in [6.45, 7) is 2.73. The first-order chi connectivity index (χ1) is 14.7. The molecular weight excluding hydrogens is 414 g/mol. The van der Waals surface area contributed by atoms with Crippen molar-refractivity contribution >= 4 is 18.4 Å². The second kappa shape index (κ2) is 12.6. The second-order valence-electron chi connectivity index (χ2n) is 6.88. The van der Waals surface area contributed by atoms with E-state index in [1.165, 1.54) is 0 Å².